The average Bonchev–Trinajstić information content (AvgIpc) is 2.84. The lowest BCUT2D eigenvalue weighted by Gasteiger charge is -2.41. The standard InChI is InChI=1S/C23H30N2O5.CH2O2/c1-3-17-14-22(26)30-21-15-19(4-5-20(17)21)29-16(2)23(27)25-10-8-24(9-11-25)18-6-12-28-13-7-18;2-1-3/h4-5,14-16,18H,3,6-13H2,1-2H3;1H,(H,2,3). The van der Waals surface area contributed by atoms with Gasteiger partial charge >= 0.3 is 5.63 Å². The van der Waals surface area contributed by atoms with E-state index in [0.29, 0.717) is 17.4 Å². The van der Waals surface area contributed by atoms with Crippen molar-refractivity contribution >= 4 is 23.3 Å². The summed E-state index contributed by atoms with van der Waals surface area (Å²) in [5, 5.41) is 7.78. The number of carbonyl (C=O) groups excluding carboxylic acids is 1. The molecule has 2 saturated heterocycles. The SMILES string of the molecule is CCc1cc(=O)oc2cc(OC(C)C(=O)N3CCN(C4CCOCC4)CC3)ccc12.O=CO. The zero-order valence-corrected chi connectivity index (χ0v) is 19.2. The molecule has 4 rings (SSSR count). The Balaban J connectivity index is 0.000000968. The molecule has 180 valence electrons. The Morgan fingerprint density at radius 2 is 1.88 bits per heavy atom. The molecule has 0 saturated carbocycles. The van der Waals surface area contributed by atoms with E-state index in [1.807, 2.05) is 24.0 Å². The fraction of sp³-hybridized carbons (Fsp3) is 0.542. The Morgan fingerprint density at radius 3 is 2.52 bits per heavy atom. The number of hydrogen-bond acceptors (Lipinski definition) is 7. The number of fused-ring (bicyclic) bond motifs is 1. The van der Waals surface area contributed by atoms with Crippen molar-refractivity contribution in [2.75, 3.05) is 39.4 Å². The minimum Gasteiger partial charge on any atom is -0.483 e. The number of aryl methyl sites for hydroxylation is 1. The van der Waals surface area contributed by atoms with Crippen LogP contribution < -0.4 is 10.4 Å². The third kappa shape index (κ3) is 6.33. The molecule has 0 spiro atoms. The van der Waals surface area contributed by atoms with Crippen LogP contribution in [0.5, 0.6) is 5.75 Å². The molecule has 1 unspecified atom stereocenters. The van der Waals surface area contributed by atoms with Gasteiger partial charge in [0.15, 0.2) is 6.10 Å². The van der Waals surface area contributed by atoms with Gasteiger partial charge < -0.3 is 23.9 Å². The van der Waals surface area contributed by atoms with Gasteiger partial charge in [-0.2, -0.15) is 0 Å². The van der Waals surface area contributed by atoms with Crippen LogP contribution in [0, 0.1) is 0 Å². The highest BCUT2D eigenvalue weighted by molar-refractivity contribution is 5.83. The molecule has 2 aliphatic rings. The third-order valence-corrected chi connectivity index (χ3v) is 6.18. The fourth-order valence-corrected chi connectivity index (χ4v) is 4.45. The summed E-state index contributed by atoms with van der Waals surface area (Å²) in [6.07, 6.45) is 2.30. The summed E-state index contributed by atoms with van der Waals surface area (Å²) in [6.45, 7) is 8.42. The Labute approximate surface area is 192 Å². The first-order valence-corrected chi connectivity index (χ1v) is 11.4. The minimum atomic E-state index is -0.599. The number of amides is 1. The molecular formula is C24H32N2O7. The van der Waals surface area contributed by atoms with Crippen molar-refractivity contribution in [2.45, 2.75) is 45.3 Å². The van der Waals surface area contributed by atoms with E-state index in [1.165, 1.54) is 6.07 Å². The maximum atomic E-state index is 12.9. The van der Waals surface area contributed by atoms with Crippen molar-refractivity contribution in [1.82, 2.24) is 9.80 Å². The van der Waals surface area contributed by atoms with E-state index in [-0.39, 0.29) is 18.0 Å². The monoisotopic (exact) mass is 460 g/mol. The second-order valence-electron chi connectivity index (χ2n) is 8.17. The first kappa shape index (κ1) is 24.7. The predicted molar refractivity (Wildman–Crippen MR) is 123 cm³/mol. The molecule has 0 radical (unpaired) electrons. The van der Waals surface area contributed by atoms with Crippen LogP contribution in [0.25, 0.3) is 11.0 Å². The molecule has 9 nitrogen and oxygen atoms in total. The molecule has 2 aliphatic heterocycles. The highest BCUT2D eigenvalue weighted by Gasteiger charge is 2.29. The first-order chi connectivity index (χ1) is 16.0. The van der Waals surface area contributed by atoms with Gasteiger partial charge in [0.2, 0.25) is 0 Å². The summed E-state index contributed by atoms with van der Waals surface area (Å²) in [7, 11) is 0. The number of carbonyl (C=O) groups is 2. The Hall–Kier alpha value is -2.91. The summed E-state index contributed by atoms with van der Waals surface area (Å²) >= 11 is 0. The van der Waals surface area contributed by atoms with Gasteiger partial charge in [0.25, 0.3) is 12.4 Å². The average molecular weight is 461 g/mol. The molecule has 1 atom stereocenters. The van der Waals surface area contributed by atoms with Crippen molar-refractivity contribution in [3.63, 3.8) is 0 Å². The van der Waals surface area contributed by atoms with Crippen molar-refractivity contribution < 1.29 is 28.6 Å². The number of carboxylic acid groups (broad SMARTS) is 1. The molecule has 1 N–H and O–H groups in total. The normalized spacial score (nSPS) is 18.3. The van der Waals surface area contributed by atoms with E-state index in [1.54, 1.807) is 13.0 Å². The highest BCUT2D eigenvalue weighted by Crippen LogP contribution is 2.24. The number of ether oxygens (including phenoxy) is 2. The van der Waals surface area contributed by atoms with E-state index >= 15 is 0 Å². The molecule has 1 amide bonds. The zero-order chi connectivity index (χ0) is 23.8. The molecule has 0 aliphatic carbocycles. The van der Waals surface area contributed by atoms with Gasteiger partial charge in [-0.1, -0.05) is 6.92 Å². The van der Waals surface area contributed by atoms with Gasteiger partial charge in [-0.25, -0.2) is 4.79 Å². The lowest BCUT2D eigenvalue weighted by atomic mass is 10.1. The molecule has 1 aromatic carbocycles. The summed E-state index contributed by atoms with van der Waals surface area (Å²) in [5.74, 6) is 0.520. The van der Waals surface area contributed by atoms with E-state index in [9.17, 15) is 9.59 Å². The minimum absolute atomic E-state index is 0.00881. The Kier molecular flexibility index (Phi) is 8.85. The maximum absolute atomic E-state index is 12.9. The lowest BCUT2D eigenvalue weighted by Crippen LogP contribution is -2.55. The molecule has 2 aromatic rings. The van der Waals surface area contributed by atoms with Gasteiger partial charge in [0.1, 0.15) is 11.3 Å². The van der Waals surface area contributed by atoms with Crippen LogP contribution in [-0.4, -0.2) is 78.8 Å². The van der Waals surface area contributed by atoms with Crippen LogP contribution in [0.3, 0.4) is 0 Å². The third-order valence-electron chi connectivity index (χ3n) is 6.18. The van der Waals surface area contributed by atoms with Gasteiger partial charge in [0, 0.05) is 63.0 Å². The van der Waals surface area contributed by atoms with E-state index < -0.39 is 6.10 Å². The number of hydrogen-bond donors (Lipinski definition) is 1. The Bertz CT molecular complexity index is 992. The number of rotatable bonds is 5. The van der Waals surface area contributed by atoms with E-state index in [2.05, 4.69) is 4.90 Å². The van der Waals surface area contributed by atoms with E-state index in [0.717, 1.165) is 69.6 Å². The van der Waals surface area contributed by atoms with Crippen molar-refractivity contribution in [1.29, 1.82) is 0 Å². The lowest BCUT2D eigenvalue weighted by molar-refractivity contribution is -0.140. The number of piperazine rings is 1. The van der Waals surface area contributed by atoms with Crippen molar-refractivity contribution in [2.24, 2.45) is 0 Å². The van der Waals surface area contributed by atoms with Crippen LogP contribution in [0.4, 0.5) is 0 Å². The summed E-state index contributed by atoms with van der Waals surface area (Å²) in [4.78, 5) is 37.4. The molecule has 2 fully saturated rings. The zero-order valence-electron chi connectivity index (χ0n) is 19.2. The molecule has 0 bridgehead atoms. The van der Waals surface area contributed by atoms with E-state index in [4.69, 9.17) is 23.8 Å². The summed E-state index contributed by atoms with van der Waals surface area (Å²) in [6, 6.07) is 7.51. The molecule has 3 heterocycles. The van der Waals surface area contributed by atoms with Crippen LogP contribution in [-0.2, 0) is 20.7 Å². The molecule has 33 heavy (non-hydrogen) atoms. The topological polar surface area (TPSA) is 110 Å². The van der Waals surface area contributed by atoms with Gasteiger partial charge in [-0.15, -0.1) is 0 Å². The summed E-state index contributed by atoms with van der Waals surface area (Å²) in [5.41, 5.74) is 1.06. The molecular weight excluding hydrogens is 428 g/mol. The van der Waals surface area contributed by atoms with Crippen molar-refractivity contribution in [3.8, 4) is 5.75 Å². The predicted octanol–water partition coefficient (Wildman–Crippen LogP) is 2.15. The maximum Gasteiger partial charge on any atom is 0.336 e. The van der Waals surface area contributed by atoms with Gasteiger partial charge in [-0.3, -0.25) is 14.5 Å². The van der Waals surface area contributed by atoms with Crippen LogP contribution in [0.2, 0.25) is 0 Å². The van der Waals surface area contributed by atoms with Gasteiger partial charge in [-0.05, 0) is 43.9 Å². The summed E-state index contributed by atoms with van der Waals surface area (Å²) < 4.78 is 16.7. The first-order valence-electron chi connectivity index (χ1n) is 11.4. The molecule has 9 heteroatoms. The van der Waals surface area contributed by atoms with Crippen molar-refractivity contribution in [3.05, 3.63) is 40.2 Å². The van der Waals surface area contributed by atoms with Crippen LogP contribution >= 0.6 is 0 Å². The highest BCUT2D eigenvalue weighted by atomic mass is 16.5. The quantitative estimate of drug-likeness (QED) is 0.534. The van der Waals surface area contributed by atoms with Crippen LogP contribution in [0.15, 0.2) is 33.5 Å². The van der Waals surface area contributed by atoms with Gasteiger partial charge in [0.05, 0.1) is 0 Å². The second-order valence-corrected chi connectivity index (χ2v) is 8.17. The number of nitrogens with zero attached hydrogens (tertiary/aromatic N) is 2. The van der Waals surface area contributed by atoms with Crippen LogP contribution in [0.1, 0.15) is 32.3 Å². The largest absolute Gasteiger partial charge is 0.483 e. The molecule has 1 aromatic heterocycles. The fourth-order valence-electron chi connectivity index (χ4n) is 4.45. The second kappa shape index (κ2) is 11.8. The smallest absolute Gasteiger partial charge is 0.336 e. The number of benzene rings is 1. The Morgan fingerprint density at radius 1 is 1.21 bits per heavy atom.